The third kappa shape index (κ3) is 3.47. The van der Waals surface area contributed by atoms with Gasteiger partial charge in [-0.3, -0.25) is 4.79 Å². The lowest BCUT2D eigenvalue weighted by Crippen LogP contribution is -2.33. The molecule has 104 valence electrons. The van der Waals surface area contributed by atoms with E-state index in [4.69, 9.17) is 9.84 Å². The number of carboxylic acid groups (broad SMARTS) is 1. The zero-order valence-corrected chi connectivity index (χ0v) is 11.6. The van der Waals surface area contributed by atoms with Crippen molar-refractivity contribution in [3.8, 4) is 5.75 Å². The fourth-order valence-corrected chi connectivity index (χ4v) is 2.33. The molecule has 0 bridgehead atoms. The summed E-state index contributed by atoms with van der Waals surface area (Å²) in [4.78, 5) is 13.2. The van der Waals surface area contributed by atoms with Crippen molar-refractivity contribution in [2.45, 2.75) is 19.3 Å². The molecule has 1 N–H and O–H groups in total. The van der Waals surface area contributed by atoms with E-state index in [2.05, 4.69) is 11.0 Å². The minimum atomic E-state index is -0.652. The van der Waals surface area contributed by atoms with Gasteiger partial charge in [0, 0.05) is 13.1 Å². The number of methoxy groups -OCH3 is 1. The first kappa shape index (κ1) is 13.9. The van der Waals surface area contributed by atoms with Crippen LogP contribution in [-0.2, 0) is 11.2 Å². The number of carboxylic acids is 1. The van der Waals surface area contributed by atoms with Gasteiger partial charge in [0.25, 0.3) is 0 Å². The standard InChI is InChI=1S/C15H21NO3/c1-16(11-15(7-8-15)14(17)18)9-6-12-4-3-5-13(10-12)19-2/h3-5,10H,6-9,11H2,1-2H3,(H,17,18). The maximum Gasteiger partial charge on any atom is 0.310 e. The maximum atomic E-state index is 11.1. The van der Waals surface area contributed by atoms with E-state index < -0.39 is 11.4 Å². The highest BCUT2D eigenvalue weighted by atomic mass is 16.5. The summed E-state index contributed by atoms with van der Waals surface area (Å²) in [7, 11) is 3.65. The first-order valence-corrected chi connectivity index (χ1v) is 6.61. The molecule has 19 heavy (non-hydrogen) atoms. The third-order valence-corrected chi connectivity index (χ3v) is 3.80. The molecular formula is C15H21NO3. The molecule has 1 aromatic carbocycles. The summed E-state index contributed by atoms with van der Waals surface area (Å²) >= 11 is 0. The lowest BCUT2D eigenvalue weighted by Gasteiger charge is -2.20. The Balaban J connectivity index is 1.83. The van der Waals surface area contributed by atoms with E-state index >= 15 is 0 Å². The van der Waals surface area contributed by atoms with Gasteiger partial charge in [0.15, 0.2) is 0 Å². The summed E-state index contributed by atoms with van der Waals surface area (Å²) < 4.78 is 5.19. The highest BCUT2D eigenvalue weighted by molar-refractivity contribution is 5.78. The fourth-order valence-electron chi connectivity index (χ4n) is 2.33. The molecule has 0 radical (unpaired) electrons. The van der Waals surface area contributed by atoms with E-state index in [0.29, 0.717) is 6.54 Å². The molecule has 0 heterocycles. The zero-order valence-electron chi connectivity index (χ0n) is 11.6. The van der Waals surface area contributed by atoms with Gasteiger partial charge in [0.1, 0.15) is 5.75 Å². The van der Waals surface area contributed by atoms with Gasteiger partial charge in [0.05, 0.1) is 12.5 Å². The van der Waals surface area contributed by atoms with Crippen LogP contribution in [0.25, 0.3) is 0 Å². The second-order valence-electron chi connectivity index (χ2n) is 5.42. The van der Waals surface area contributed by atoms with Crippen molar-refractivity contribution >= 4 is 5.97 Å². The molecule has 4 heteroatoms. The molecule has 0 aliphatic heterocycles. The van der Waals surface area contributed by atoms with E-state index in [1.165, 1.54) is 5.56 Å². The van der Waals surface area contributed by atoms with Crippen molar-refractivity contribution in [1.82, 2.24) is 4.90 Å². The van der Waals surface area contributed by atoms with E-state index in [0.717, 1.165) is 31.6 Å². The predicted octanol–water partition coefficient (Wildman–Crippen LogP) is 2.03. The molecule has 1 saturated carbocycles. The number of aliphatic carboxylic acids is 1. The van der Waals surface area contributed by atoms with Crippen LogP contribution in [0.15, 0.2) is 24.3 Å². The van der Waals surface area contributed by atoms with Crippen LogP contribution >= 0.6 is 0 Å². The van der Waals surface area contributed by atoms with Gasteiger partial charge in [-0.05, 0) is 44.0 Å². The predicted molar refractivity (Wildman–Crippen MR) is 73.5 cm³/mol. The molecule has 1 aromatic rings. The molecule has 1 fully saturated rings. The molecule has 1 aliphatic rings. The van der Waals surface area contributed by atoms with Crippen molar-refractivity contribution in [3.05, 3.63) is 29.8 Å². The van der Waals surface area contributed by atoms with E-state index in [-0.39, 0.29) is 0 Å². The Labute approximate surface area is 114 Å². The normalized spacial score (nSPS) is 16.4. The highest BCUT2D eigenvalue weighted by Crippen LogP contribution is 2.46. The average molecular weight is 263 g/mol. The van der Waals surface area contributed by atoms with Gasteiger partial charge in [0.2, 0.25) is 0 Å². The lowest BCUT2D eigenvalue weighted by atomic mass is 10.1. The van der Waals surface area contributed by atoms with Crippen LogP contribution in [0.3, 0.4) is 0 Å². The second kappa shape index (κ2) is 5.61. The number of hydrogen-bond acceptors (Lipinski definition) is 3. The van der Waals surface area contributed by atoms with Crippen molar-refractivity contribution in [2.24, 2.45) is 5.41 Å². The number of nitrogens with zero attached hydrogens (tertiary/aromatic N) is 1. The van der Waals surface area contributed by atoms with Crippen LogP contribution in [0.4, 0.5) is 0 Å². The minimum absolute atomic E-state index is 0.469. The topological polar surface area (TPSA) is 49.8 Å². The Hall–Kier alpha value is -1.55. The summed E-state index contributed by atoms with van der Waals surface area (Å²) in [5, 5.41) is 9.16. The molecule has 0 aromatic heterocycles. The van der Waals surface area contributed by atoms with Crippen LogP contribution in [0.2, 0.25) is 0 Å². The summed E-state index contributed by atoms with van der Waals surface area (Å²) in [5.41, 5.74) is 0.745. The minimum Gasteiger partial charge on any atom is -0.497 e. The van der Waals surface area contributed by atoms with Gasteiger partial charge >= 0.3 is 5.97 Å². The first-order valence-electron chi connectivity index (χ1n) is 6.61. The zero-order chi connectivity index (χ0) is 13.9. The van der Waals surface area contributed by atoms with E-state index in [9.17, 15) is 4.79 Å². The van der Waals surface area contributed by atoms with Crippen molar-refractivity contribution < 1.29 is 14.6 Å². The molecule has 0 unspecified atom stereocenters. The number of hydrogen-bond donors (Lipinski definition) is 1. The maximum absolute atomic E-state index is 11.1. The van der Waals surface area contributed by atoms with Crippen LogP contribution in [0.5, 0.6) is 5.75 Å². The molecule has 2 rings (SSSR count). The molecule has 4 nitrogen and oxygen atoms in total. The Morgan fingerprint density at radius 1 is 1.47 bits per heavy atom. The molecule has 1 aliphatic carbocycles. The summed E-state index contributed by atoms with van der Waals surface area (Å²) in [6, 6.07) is 8.00. The van der Waals surface area contributed by atoms with Gasteiger partial charge in [-0.2, -0.15) is 0 Å². The van der Waals surface area contributed by atoms with Gasteiger partial charge in [-0.15, -0.1) is 0 Å². The van der Waals surface area contributed by atoms with Crippen molar-refractivity contribution in [3.63, 3.8) is 0 Å². The van der Waals surface area contributed by atoms with Gasteiger partial charge in [-0.1, -0.05) is 12.1 Å². The largest absolute Gasteiger partial charge is 0.497 e. The van der Waals surface area contributed by atoms with Crippen LogP contribution in [0.1, 0.15) is 18.4 Å². The SMILES string of the molecule is COc1cccc(CCN(C)CC2(C(=O)O)CC2)c1. The molecular weight excluding hydrogens is 242 g/mol. The molecule has 0 spiro atoms. The average Bonchev–Trinajstić information content (AvgIpc) is 3.17. The summed E-state index contributed by atoms with van der Waals surface area (Å²) in [6.07, 6.45) is 2.53. The summed E-state index contributed by atoms with van der Waals surface area (Å²) in [6.45, 7) is 1.51. The number of ether oxygens (including phenoxy) is 1. The lowest BCUT2D eigenvalue weighted by molar-refractivity contribution is -0.144. The Morgan fingerprint density at radius 3 is 2.79 bits per heavy atom. The molecule has 0 saturated heterocycles. The Morgan fingerprint density at radius 2 is 2.21 bits per heavy atom. The smallest absolute Gasteiger partial charge is 0.310 e. The van der Waals surface area contributed by atoms with Crippen LogP contribution in [0, 0.1) is 5.41 Å². The van der Waals surface area contributed by atoms with Crippen molar-refractivity contribution in [2.75, 3.05) is 27.2 Å². The highest BCUT2D eigenvalue weighted by Gasteiger charge is 2.50. The number of carbonyl (C=O) groups is 1. The molecule has 0 atom stereocenters. The number of benzene rings is 1. The number of rotatable bonds is 7. The first-order chi connectivity index (χ1) is 9.05. The van der Waals surface area contributed by atoms with Crippen LogP contribution < -0.4 is 4.74 Å². The molecule has 0 amide bonds. The third-order valence-electron chi connectivity index (χ3n) is 3.80. The summed E-state index contributed by atoms with van der Waals surface area (Å²) in [5.74, 6) is 0.213. The van der Waals surface area contributed by atoms with E-state index in [1.54, 1.807) is 7.11 Å². The van der Waals surface area contributed by atoms with Crippen LogP contribution in [-0.4, -0.2) is 43.2 Å². The quantitative estimate of drug-likeness (QED) is 0.818. The fraction of sp³-hybridized carbons (Fsp3) is 0.533. The van der Waals surface area contributed by atoms with E-state index in [1.807, 2.05) is 25.2 Å². The second-order valence-corrected chi connectivity index (χ2v) is 5.42. The van der Waals surface area contributed by atoms with Gasteiger partial charge in [-0.25, -0.2) is 0 Å². The number of likely N-dealkylation sites (N-methyl/N-ethyl adjacent to an activating group) is 1. The Kier molecular flexibility index (Phi) is 4.10. The van der Waals surface area contributed by atoms with Crippen molar-refractivity contribution in [1.29, 1.82) is 0 Å². The van der Waals surface area contributed by atoms with Gasteiger partial charge < -0.3 is 14.7 Å². The Bertz CT molecular complexity index is 454. The monoisotopic (exact) mass is 263 g/mol.